The zero-order chi connectivity index (χ0) is 15.9. The number of hydrogen-bond donors (Lipinski definition) is 1. The molecule has 1 aromatic carbocycles. The molecule has 122 valence electrons. The first-order valence-electron chi connectivity index (χ1n) is 8.24. The Hall–Kier alpha value is -1.39. The number of hydrogen-bond acceptors (Lipinski definition) is 3. The highest BCUT2D eigenvalue weighted by Crippen LogP contribution is 2.13. The van der Waals surface area contributed by atoms with Crippen LogP contribution in [-0.2, 0) is 16.0 Å². The molecule has 4 heteroatoms. The van der Waals surface area contributed by atoms with Gasteiger partial charge in [0, 0.05) is 32.1 Å². The Labute approximate surface area is 133 Å². The number of nitrogens with one attached hydrogen (secondary N) is 1. The minimum Gasteiger partial charge on any atom is -0.373 e. The van der Waals surface area contributed by atoms with Crippen molar-refractivity contribution in [1.29, 1.82) is 0 Å². The van der Waals surface area contributed by atoms with Gasteiger partial charge in [0.05, 0.1) is 12.2 Å². The normalized spacial score (nSPS) is 24.0. The second-order valence-electron chi connectivity index (χ2n) is 6.35. The van der Waals surface area contributed by atoms with E-state index in [4.69, 9.17) is 4.74 Å². The first-order chi connectivity index (χ1) is 10.5. The van der Waals surface area contributed by atoms with E-state index in [2.05, 4.69) is 43.1 Å². The minimum absolute atomic E-state index is 0.130. The molecule has 1 N–H and O–H groups in total. The predicted octanol–water partition coefficient (Wildman–Crippen LogP) is 2.23. The summed E-state index contributed by atoms with van der Waals surface area (Å²) in [6.45, 7) is 8.95. The highest BCUT2D eigenvalue weighted by atomic mass is 16.5. The monoisotopic (exact) mass is 304 g/mol. The Morgan fingerprint density at radius 1 is 1.27 bits per heavy atom. The molecule has 4 nitrogen and oxygen atoms in total. The number of nitrogens with zero attached hydrogens (tertiary/aromatic N) is 1. The molecule has 1 aliphatic rings. The summed E-state index contributed by atoms with van der Waals surface area (Å²) in [6.07, 6.45) is 1.87. The molecule has 1 heterocycles. The fraction of sp³-hybridized carbons (Fsp3) is 0.611. The molecule has 0 aromatic heterocycles. The molecule has 1 amide bonds. The highest BCUT2D eigenvalue weighted by Gasteiger charge is 2.25. The molecule has 0 radical (unpaired) electrons. The van der Waals surface area contributed by atoms with Gasteiger partial charge in [-0.15, -0.1) is 0 Å². The van der Waals surface area contributed by atoms with E-state index in [0.29, 0.717) is 19.0 Å². The number of amides is 1. The molecule has 1 aliphatic heterocycles. The summed E-state index contributed by atoms with van der Waals surface area (Å²) in [7, 11) is 0. The van der Waals surface area contributed by atoms with Gasteiger partial charge in [0.2, 0.25) is 5.91 Å². The number of aryl methyl sites for hydroxylation is 1. The van der Waals surface area contributed by atoms with E-state index >= 15 is 0 Å². The molecule has 2 rings (SSSR count). The largest absolute Gasteiger partial charge is 0.373 e. The van der Waals surface area contributed by atoms with Crippen molar-refractivity contribution in [2.45, 2.75) is 51.9 Å². The summed E-state index contributed by atoms with van der Waals surface area (Å²) in [6, 6.07) is 10.5. The van der Waals surface area contributed by atoms with Crippen LogP contribution in [0.4, 0.5) is 0 Å². The smallest absolute Gasteiger partial charge is 0.220 e. The fourth-order valence-corrected chi connectivity index (χ4v) is 2.96. The van der Waals surface area contributed by atoms with Crippen molar-refractivity contribution in [2.75, 3.05) is 19.6 Å². The third-order valence-corrected chi connectivity index (χ3v) is 4.15. The zero-order valence-electron chi connectivity index (χ0n) is 13.9. The molecule has 0 spiro atoms. The van der Waals surface area contributed by atoms with Gasteiger partial charge in [-0.1, -0.05) is 30.3 Å². The van der Waals surface area contributed by atoms with Crippen LogP contribution in [0.1, 0.15) is 32.8 Å². The van der Waals surface area contributed by atoms with E-state index < -0.39 is 0 Å². The summed E-state index contributed by atoms with van der Waals surface area (Å²) in [5.74, 6) is 0.130. The van der Waals surface area contributed by atoms with Gasteiger partial charge in [-0.3, -0.25) is 9.69 Å². The standard InChI is InChI=1S/C18H28N2O2/c1-14(20-12-15(2)22-16(3)13-20)11-19-18(21)10-9-17-7-5-4-6-8-17/h4-8,14-16H,9-13H2,1-3H3,(H,19,21). The van der Waals surface area contributed by atoms with Gasteiger partial charge in [0.15, 0.2) is 0 Å². The van der Waals surface area contributed by atoms with Gasteiger partial charge in [0.1, 0.15) is 0 Å². The summed E-state index contributed by atoms with van der Waals surface area (Å²) < 4.78 is 5.75. The molecule has 3 unspecified atom stereocenters. The number of benzene rings is 1. The maximum absolute atomic E-state index is 12.0. The Bertz CT molecular complexity index is 453. The van der Waals surface area contributed by atoms with Crippen LogP contribution >= 0.6 is 0 Å². The highest BCUT2D eigenvalue weighted by molar-refractivity contribution is 5.76. The maximum Gasteiger partial charge on any atom is 0.220 e. The first-order valence-corrected chi connectivity index (χ1v) is 8.24. The molecule has 22 heavy (non-hydrogen) atoms. The Balaban J connectivity index is 1.69. The Morgan fingerprint density at radius 2 is 1.91 bits per heavy atom. The van der Waals surface area contributed by atoms with Crippen molar-refractivity contribution >= 4 is 5.91 Å². The maximum atomic E-state index is 12.0. The Kier molecular flexibility index (Phi) is 6.40. The molecule has 0 saturated carbocycles. The van der Waals surface area contributed by atoms with E-state index in [1.807, 2.05) is 18.2 Å². The topological polar surface area (TPSA) is 41.6 Å². The van der Waals surface area contributed by atoms with E-state index in [1.54, 1.807) is 0 Å². The van der Waals surface area contributed by atoms with Crippen molar-refractivity contribution in [3.05, 3.63) is 35.9 Å². The third-order valence-electron chi connectivity index (χ3n) is 4.15. The van der Waals surface area contributed by atoms with Gasteiger partial charge in [-0.05, 0) is 32.8 Å². The van der Waals surface area contributed by atoms with Crippen LogP contribution in [0.15, 0.2) is 30.3 Å². The van der Waals surface area contributed by atoms with Crippen LogP contribution in [-0.4, -0.2) is 48.7 Å². The third kappa shape index (κ3) is 5.43. The minimum atomic E-state index is 0.130. The van der Waals surface area contributed by atoms with E-state index in [0.717, 1.165) is 19.5 Å². The van der Waals surface area contributed by atoms with Crippen LogP contribution in [0.2, 0.25) is 0 Å². The van der Waals surface area contributed by atoms with Gasteiger partial charge < -0.3 is 10.1 Å². The van der Waals surface area contributed by atoms with Crippen molar-refractivity contribution < 1.29 is 9.53 Å². The summed E-state index contributed by atoms with van der Waals surface area (Å²) in [5.41, 5.74) is 1.21. The average Bonchev–Trinajstić information content (AvgIpc) is 2.50. The number of carbonyl (C=O) groups is 1. The van der Waals surface area contributed by atoms with Gasteiger partial charge in [-0.25, -0.2) is 0 Å². The van der Waals surface area contributed by atoms with Gasteiger partial charge in [-0.2, -0.15) is 0 Å². The molecule has 1 fully saturated rings. The van der Waals surface area contributed by atoms with Crippen LogP contribution in [0, 0.1) is 0 Å². The van der Waals surface area contributed by atoms with E-state index in [9.17, 15) is 4.79 Å². The van der Waals surface area contributed by atoms with E-state index in [-0.39, 0.29) is 18.1 Å². The summed E-state index contributed by atoms with van der Waals surface area (Å²) >= 11 is 0. The molecule has 3 atom stereocenters. The molecule has 1 aromatic rings. The van der Waals surface area contributed by atoms with E-state index in [1.165, 1.54) is 5.56 Å². The van der Waals surface area contributed by atoms with Crippen LogP contribution < -0.4 is 5.32 Å². The molecule has 0 aliphatic carbocycles. The van der Waals surface area contributed by atoms with Gasteiger partial charge >= 0.3 is 0 Å². The van der Waals surface area contributed by atoms with Crippen molar-refractivity contribution in [3.8, 4) is 0 Å². The Morgan fingerprint density at radius 3 is 2.55 bits per heavy atom. The number of morpholine rings is 1. The lowest BCUT2D eigenvalue weighted by molar-refractivity contribution is -0.121. The number of rotatable bonds is 6. The molecular formula is C18H28N2O2. The molecular weight excluding hydrogens is 276 g/mol. The van der Waals surface area contributed by atoms with Crippen molar-refractivity contribution in [1.82, 2.24) is 10.2 Å². The van der Waals surface area contributed by atoms with Crippen LogP contribution in [0.25, 0.3) is 0 Å². The lowest BCUT2D eigenvalue weighted by Gasteiger charge is -2.39. The van der Waals surface area contributed by atoms with Crippen molar-refractivity contribution in [3.63, 3.8) is 0 Å². The molecule has 0 bridgehead atoms. The number of carbonyl (C=O) groups excluding carboxylic acids is 1. The second-order valence-corrected chi connectivity index (χ2v) is 6.35. The van der Waals surface area contributed by atoms with Crippen LogP contribution in [0.3, 0.4) is 0 Å². The van der Waals surface area contributed by atoms with Gasteiger partial charge in [0.25, 0.3) is 0 Å². The average molecular weight is 304 g/mol. The SMILES string of the molecule is CC1CN(C(C)CNC(=O)CCc2ccccc2)CC(C)O1. The quantitative estimate of drug-likeness (QED) is 0.876. The summed E-state index contributed by atoms with van der Waals surface area (Å²) in [5, 5.41) is 3.06. The lowest BCUT2D eigenvalue weighted by Crippen LogP contribution is -2.52. The lowest BCUT2D eigenvalue weighted by atomic mass is 10.1. The zero-order valence-corrected chi connectivity index (χ0v) is 13.9. The predicted molar refractivity (Wildman–Crippen MR) is 88.8 cm³/mol. The molecule has 1 saturated heterocycles. The van der Waals surface area contributed by atoms with Crippen molar-refractivity contribution in [2.24, 2.45) is 0 Å². The summed E-state index contributed by atoms with van der Waals surface area (Å²) in [4.78, 5) is 14.4. The van der Waals surface area contributed by atoms with Crippen LogP contribution in [0.5, 0.6) is 0 Å². The second kappa shape index (κ2) is 8.30. The fourth-order valence-electron chi connectivity index (χ4n) is 2.96. The number of ether oxygens (including phenoxy) is 1. The first kappa shape index (κ1) is 17.0.